The number of hydrogen-bond donors (Lipinski definition) is 0. The summed E-state index contributed by atoms with van der Waals surface area (Å²) in [6.45, 7) is 52.7. The summed E-state index contributed by atoms with van der Waals surface area (Å²) < 4.78 is 0. The molecule has 0 aliphatic carbocycles. The van der Waals surface area contributed by atoms with E-state index >= 15 is 0 Å². The van der Waals surface area contributed by atoms with Crippen LogP contribution in [0.2, 0.25) is 0 Å². The summed E-state index contributed by atoms with van der Waals surface area (Å²) in [4.78, 5) is 0. The number of rotatable bonds is 19. The maximum Gasteiger partial charge on any atom is 0.118 e. The molecule has 6 aromatic carbocycles. The smallest absolute Gasteiger partial charge is 0.0727 e. The van der Waals surface area contributed by atoms with Gasteiger partial charge in [-0.2, -0.15) is 0 Å². The highest BCUT2D eigenvalue weighted by molar-refractivity contribution is 8.09. The Kier molecular flexibility index (Phi) is 21.7. The lowest BCUT2D eigenvalue weighted by Crippen LogP contribution is -2.15. The molecule has 6 heteroatoms. The molecule has 0 saturated heterocycles. The van der Waals surface area contributed by atoms with E-state index in [0.717, 1.165) is 44.0 Å². The molecule has 0 saturated carbocycles. The maximum atomic E-state index is 7.73. The van der Waals surface area contributed by atoms with Gasteiger partial charge in [-0.1, -0.05) is 260 Å². The van der Waals surface area contributed by atoms with Gasteiger partial charge in [0.1, 0.15) is 13.3 Å². The molecule has 0 nitrogen and oxygen atoms in total. The SMILES string of the molecule is CC(C)c1cc(C(C)C)c(-c2cc(-c3cc(-c4c(C(C)C)cc(C(C)C)cc4C(C)C)c(P(Cl)Cl)c(-c4c(C(C)C)cc(C(C)C)cc4C(C)C)c3)cc(-c3c(C(C)C)cc(C(C)C)cc3C(C)C)c2P(Cl)Cl)c(C(C)C)c1. The quantitative estimate of drug-likeness (QED) is 0.0709. The highest BCUT2D eigenvalue weighted by atomic mass is 35.9. The summed E-state index contributed by atoms with van der Waals surface area (Å²) in [7, 11) is 0. The highest BCUT2D eigenvalue weighted by Gasteiger charge is 2.33. The Morgan fingerprint density at radius 3 is 0.462 bits per heavy atom. The van der Waals surface area contributed by atoms with Crippen molar-refractivity contribution in [2.45, 2.75) is 237 Å². The first-order chi connectivity index (χ1) is 36.3. The fraction of sp³-hybridized carbons (Fsp3) is 0.500. The van der Waals surface area contributed by atoms with Crippen molar-refractivity contribution in [2.24, 2.45) is 0 Å². The van der Waals surface area contributed by atoms with E-state index in [4.69, 9.17) is 45.0 Å². The fourth-order valence-corrected chi connectivity index (χ4v) is 15.4. The zero-order valence-electron chi connectivity index (χ0n) is 52.3. The largest absolute Gasteiger partial charge is 0.118 e. The van der Waals surface area contributed by atoms with Crippen molar-refractivity contribution in [3.05, 3.63) is 140 Å². The molecule has 78 heavy (non-hydrogen) atoms. The van der Waals surface area contributed by atoms with Crippen LogP contribution in [-0.4, -0.2) is 0 Å². The van der Waals surface area contributed by atoms with Gasteiger partial charge in [0.05, 0.1) is 0 Å². The lowest BCUT2D eigenvalue weighted by molar-refractivity contribution is 0.807. The van der Waals surface area contributed by atoms with Gasteiger partial charge in [0, 0.05) is 10.6 Å². The average molecular weight is 1170 g/mol. The van der Waals surface area contributed by atoms with Crippen LogP contribution in [0, 0.1) is 0 Å². The van der Waals surface area contributed by atoms with Crippen LogP contribution in [0.25, 0.3) is 55.6 Å². The van der Waals surface area contributed by atoms with Crippen molar-refractivity contribution in [1.82, 2.24) is 0 Å². The van der Waals surface area contributed by atoms with Crippen LogP contribution in [0.15, 0.2) is 72.8 Å². The first kappa shape index (κ1) is 64.5. The van der Waals surface area contributed by atoms with Gasteiger partial charge in [-0.25, -0.2) is 0 Å². The van der Waals surface area contributed by atoms with Crippen LogP contribution >= 0.6 is 58.2 Å². The first-order valence-electron chi connectivity index (χ1n) is 29.6. The van der Waals surface area contributed by atoms with Crippen LogP contribution < -0.4 is 10.6 Å². The van der Waals surface area contributed by atoms with Crippen molar-refractivity contribution in [3.63, 3.8) is 0 Å². The molecule has 0 unspecified atom stereocenters. The van der Waals surface area contributed by atoms with E-state index in [1.165, 1.54) is 89.0 Å². The summed E-state index contributed by atoms with van der Waals surface area (Å²) in [6.07, 6.45) is 0. The molecule has 0 atom stereocenters. The molecule has 0 amide bonds. The predicted octanol–water partition coefficient (Wildman–Crippen LogP) is 26.3. The van der Waals surface area contributed by atoms with Crippen LogP contribution in [0.1, 0.15) is 304 Å². The summed E-state index contributed by atoms with van der Waals surface area (Å²) in [5.74, 6) is 3.31. The Bertz CT molecular complexity index is 2580. The van der Waals surface area contributed by atoms with Gasteiger partial charge in [0.25, 0.3) is 0 Å². The molecule has 0 aliphatic heterocycles. The maximum absolute atomic E-state index is 7.73. The fourth-order valence-electron chi connectivity index (χ4n) is 11.8. The molecular formula is C72H96Cl4P2. The summed E-state index contributed by atoms with van der Waals surface area (Å²) in [5, 5.41) is 2.06. The van der Waals surface area contributed by atoms with Gasteiger partial charge in [0.15, 0.2) is 0 Å². The molecule has 0 fully saturated rings. The molecule has 0 heterocycles. The van der Waals surface area contributed by atoms with E-state index < -0.39 is 13.3 Å². The van der Waals surface area contributed by atoms with Crippen molar-refractivity contribution >= 4 is 68.8 Å². The zero-order valence-corrected chi connectivity index (χ0v) is 57.1. The lowest BCUT2D eigenvalue weighted by atomic mass is 9.77. The predicted molar refractivity (Wildman–Crippen MR) is 359 cm³/mol. The minimum absolute atomic E-state index is 0.232. The topological polar surface area (TPSA) is 0 Å². The minimum Gasteiger partial charge on any atom is -0.0727 e. The second-order valence-corrected chi connectivity index (χ2v) is 33.4. The average Bonchev–Trinajstić information content (AvgIpc) is 3.35. The Labute approximate surface area is 497 Å². The Hall–Kier alpha value is -2.66. The standard InChI is InChI=1S/C72H96Cl4P2/c1-37(2)49-25-55(41(9)10)67(56(26-49)42(11)12)63-33-53(34-64(71(63)77(73)74)68-57(43(13)14)27-50(38(3)4)28-58(68)44(15)16)54-35-65(69-59(45(17)18)29-51(39(5)6)30-60(69)46(19)20)72(78(75)76)66(36-54)70-61(47(21)22)31-52(40(7)8)32-62(70)48(23)24/h25-48H,1-24H3. The Balaban J connectivity index is 2.07. The van der Waals surface area contributed by atoms with Crippen molar-refractivity contribution in [1.29, 1.82) is 0 Å². The first-order valence-corrected chi connectivity index (χ1v) is 35.9. The van der Waals surface area contributed by atoms with Crippen LogP contribution in [-0.2, 0) is 0 Å². The van der Waals surface area contributed by atoms with Crippen LogP contribution in [0.5, 0.6) is 0 Å². The molecule has 422 valence electrons. The minimum atomic E-state index is -1.68. The molecule has 6 rings (SSSR count). The van der Waals surface area contributed by atoms with Crippen molar-refractivity contribution < 1.29 is 0 Å². The second kappa shape index (κ2) is 26.3. The normalized spacial score (nSPS) is 12.7. The van der Waals surface area contributed by atoms with Crippen molar-refractivity contribution in [3.8, 4) is 55.6 Å². The van der Waals surface area contributed by atoms with Gasteiger partial charge in [-0.15, -0.1) is 0 Å². The molecule has 6 aromatic rings. The highest BCUT2D eigenvalue weighted by Crippen LogP contribution is 2.57. The van der Waals surface area contributed by atoms with E-state index in [0.29, 0.717) is 23.7 Å². The van der Waals surface area contributed by atoms with Gasteiger partial charge >= 0.3 is 0 Å². The Morgan fingerprint density at radius 2 is 0.359 bits per heavy atom. The van der Waals surface area contributed by atoms with E-state index in [1.54, 1.807) is 0 Å². The molecule has 0 N–H and O–H groups in total. The molecular weight excluding hydrogens is 1070 g/mol. The molecule has 0 aromatic heterocycles. The summed E-state index contributed by atoms with van der Waals surface area (Å²) in [6, 6.07) is 29.7. The van der Waals surface area contributed by atoms with E-state index in [2.05, 4.69) is 239 Å². The van der Waals surface area contributed by atoms with E-state index in [-0.39, 0.29) is 47.3 Å². The second-order valence-electron chi connectivity index (χ2n) is 26.5. The summed E-state index contributed by atoms with van der Waals surface area (Å²) in [5.41, 5.74) is 27.9. The third-order valence-electron chi connectivity index (χ3n) is 16.5. The molecule has 0 radical (unpaired) electrons. The molecule has 0 spiro atoms. The Morgan fingerprint density at radius 1 is 0.218 bits per heavy atom. The van der Waals surface area contributed by atoms with E-state index in [9.17, 15) is 0 Å². The number of benzene rings is 6. The third-order valence-corrected chi connectivity index (χ3v) is 20.2. The molecule has 0 aliphatic rings. The zero-order chi connectivity index (χ0) is 58.4. The summed E-state index contributed by atoms with van der Waals surface area (Å²) >= 11 is 30.9. The monoisotopic (exact) mass is 1160 g/mol. The van der Waals surface area contributed by atoms with Crippen LogP contribution in [0.4, 0.5) is 0 Å². The van der Waals surface area contributed by atoms with Gasteiger partial charge in [0.2, 0.25) is 0 Å². The van der Waals surface area contributed by atoms with Gasteiger partial charge in [-0.05, 0) is 218 Å². The van der Waals surface area contributed by atoms with Gasteiger partial charge < -0.3 is 0 Å². The van der Waals surface area contributed by atoms with Crippen LogP contribution in [0.3, 0.4) is 0 Å². The number of hydrogen-bond acceptors (Lipinski definition) is 0. The number of halogens is 4. The third kappa shape index (κ3) is 13.4. The lowest BCUT2D eigenvalue weighted by Gasteiger charge is -2.30. The van der Waals surface area contributed by atoms with Crippen molar-refractivity contribution in [2.75, 3.05) is 0 Å². The van der Waals surface area contributed by atoms with Gasteiger partial charge in [-0.3, -0.25) is 0 Å². The molecule has 0 bridgehead atoms. The van der Waals surface area contributed by atoms with E-state index in [1.807, 2.05) is 0 Å².